The first-order valence-electron chi connectivity index (χ1n) is 6.58. The van der Waals surface area contributed by atoms with Gasteiger partial charge in [-0.2, -0.15) is 0 Å². The smallest absolute Gasteiger partial charge is 0.293 e. The van der Waals surface area contributed by atoms with Crippen molar-refractivity contribution in [2.75, 3.05) is 6.54 Å². The Kier molecular flexibility index (Phi) is 5.12. The van der Waals surface area contributed by atoms with Crippen LogP contribution in [0.5, 0.6) is 0 Å². The second-order valence-electron chi connectivity index (χ2n) is 4.66. The molecule has 1 aromatic rings. The predicted molar refractivity (Wildman–Crippen MR) is 80.0 cm³/mol. The summed E-state index contributed by atoms with van der Waals surface area (Å²) in [6, 6.07) is 5.55. The topological polar surface area (TPSA) is 121 Å². The lowest BCUT2D eigenvalue weighted by Crippen LogP contribution is -2.30. The zero-order valence-corrected chi connectivity index (χ0v) is 12.6. The van der Waals surface area contributed by atoms with Crippen molar-refractivity contribution in [3.63, 3.8) is 0 Å². The number of hydrogen-bond donors (Lipinski definition) is 0. The van der Waals surface area contributed by atoms with Crippen LogP contribution in [-0.4, -0.2) is 33.5 Å². The molecule has 120 valence electrons. The third-order valence-electron chi connectivity index (χ3n) is 3.04. The van der Waals surface area contributed by atoms with Gasteiger partial charge in [0.05, 0.1) is 9.83 Å². The third-order valence-corrected chi connectivity index (χ3v) is 3.95. The molecule has 8 nitrogen and oxygen atoms in total. The van der Waals surface area contributed by atoms with Crippen LogP contribution in [0.1, 0.15) is 18.4 Å². The zero-order valence-electron chi connectivity index (χ0n) is 11.8. The normalized spacial score (nSPS) is 16.2. The van der Waals surface area contributed by atoms with Crippen molar-refractivity contribution in [3.05, 3.63) is 44.8 Å². The molecule has 0 aliphatic carbocycles. The summed E-state index contributed by atoms with van der Waals surface area (Å²) in [5.41, 5.74) is 0.480. The first kappa shape index (κ1) is 16.7. The lowest BCUT2D eigenvalue weighted by molar-refractivity contribution is -0.384. The monoisotopic (exact) mass is 335 g/mol. The Labute approximate surface area is 134 Å². The molecule has 0 bridgehead atoms. The predicted octanol–water partition coefficient (Wildman–Crippen LogP) is 1.16. The number of carbonyl (C=O) groups is 3. The van der Waals surface area contributed by atoms with Gasteiger partial charge in [-0.1, -0.05) is 0 Å². The Morgan fingerprint density at radius 3 is 2.48 bits per heavy atom. The number of imide groups is 1. The van der Waals surface area contributed by atoms with Crippen molar-refractivity contribution in [2.45, 2.75) is 12.8 Å². The fourth-order valence-electron chi connectivity index (χ4n) is 1.92. The Morgan fingerprint density at radius 2 is 1.91 bits per heavy atom. The van der Waals surface area contributed by atoms with Crippen molar-refractivity contribution in [3.8, 4) is 0 Å². The van der Waals surface area contributed by atoms with Crippen LogP contribution >= 0.6 is 11.8 Å². The molecule has 2 amide bonds. The second kappa shape index (κ2) is 7.05. The van der Waals surface area contributed by atoms with Gasteiger partial charge in [-0.3, -0.25) is 24.6 Å². The van der Waals surface area contributed by atoms with E-state index in [-0.39, 0.29) is 30.0 Å². The molecule has 1 saturated heterocycles. The maximum absolute atomic E-state index is 12.1. The van der Waals surface area contributed by atoms with Gasteiger partial charge < -0.3 is 9.90 Å². The quantitative estimate of drug-likeness (QED) is 0.434. The molecular weight excluding hydrogens is 324 g/mol. The van der Waals surface area contributed by atoms with Crippen molar-refractivity contribution >= 4 is 40.6 Å². The molecule has 0 N–H and O–H groups in total. The Bertz CT molecular complexity index is 698. The molecule has 1 aliphatic heterocycles. The molecule has 0 atom stereocenters. The van der Waals surface area contributed by atoms with Crippen LogP contribution in [0.3, 0.4) is 0 Å². The van der Waals surface area contributed by atoms with Crippen LogP contribution in [0, 0.1) is 10.1 Å². The Balaban J connectivity index is 2.08. The van der Waals surface area contributed by atoms with Gasteiger partial charge >= 0.3 is 0 Å². The van der Waals surface area contributed by atoms with E-state index in [1.807, 2.05) is 0 Å². The van der Waals surface area contributed by atoms with Crippen LogP contribution in [-0.2, 0) is 9.59 Å². The van der Waals surface area contributed by atoms with Crippen LogP contribution in [0.2, 0.25) is 0 Å². The number of amides is 2. The highest BCUT2D eigenvalue weighted by Gasteiger charge is 2.34. The van der Waals surface area contributed by atoms with Gasteiger partial charge in [-0.15, -0.1) is 0 Å². The molecule has 9 heteroatoms. The number of nitro groups is 1. The molecule has 23 heavy (non-hydrogen) atoms. The molecule has 0 spiro atoms. The lowest BCUT2D eigenvalue weighted by atomic mass is 10.2. The van der Waals surface area contributed by atoms with E-state index >= 15 is 0 Å². The zero-order chi connectivity index (χ0) is 17.0. The van der Waals surface area contributed by atoms with E-state index in [4.69, 9.17) is 0 Å². The summed E-state index contributed by atoms with van der Waals surface area (Å²) >= 11 is 0.748. The number of benzene rings is 1. The second-order valence-corrected chi connectivity index (χ2v) is 5.65. The summed E-state index contributed by atoms with van der Waals surface area (Å²) in [6.07, 6.45) is 1.36. The molecule has 2 rings (SSSR count). The highest BCUT2D eigenvalue weighted by Crippen LogP contribution is 2.32. The summed E-state index contributed by atoms with van der Waals surface area (Å²) in [5.74, 6) is -1.74. The van der Waals surface area contributed by atoms with Crippen molar-refractivity contribution in [1.29, 1.82) is 0 Å². The number of thioether (sulfide) groups is 1. The van der Waals surface area contributed by atoms with Crippen LogP contribution in [0.15, 0.2) is 29.2 Å². The molecule has 0 radical (unpaired) electrons. The number of non-ortho nitro benzene ring substituents is 1. The average Bonchev–Trinajstić information content (AvgIpc) is 2.75. The maximum atomic E-state index is 12.1. The van der Waals surface area contributed by atoms with E-state index in [0.29, 0.717) is 5.56 Å². The van der Waals surface area contributed by atoms with E-state index in [2.05, 4.69) is 0 Å². The van der Waals surface area contributed by atoms with E-state index in [0.717, 1.165) is 16.7 Å². The van der Waals surface area contributed by atoms with E-state index < -0.39 is 22.0 Å². The summed E-state index contributed by atoms with van der Waals surface area (Å²) in [7, 11) is 0. The number of carboxylic acid groups (broad SMARTS) is 1. The van der Waals surface area contributed by atoms with Gasteiger partial charge in [-0.05, 0) is 48.4 Å². The molecule has 1 fully saturated rings. The van der Waals surface area contributed by atoms with Crippen molar-refractivity contribution < 1.29 is 24.4 Å². The molecule has 0 saturated carbocycles. The van der Waals surface area contributed by atoms with Gasteiger partial charge in [0.1, 0.15) is 0 Å². The molecule has 1 aliphatic rings. The number of carbonyl (C=O) groups excluding carboxylic acids is 3. The minimum atomic E-state index is -1.24. The molecule has 0 unspecified atom stereocenters. The molecular formula is C14H11N2O6S-. The lowest BCUT2D eigenvalue weighted by Gasteiger charge is -2.12. The van der Waals surface area contributed by atoms with Crippen molar-refractivity contribution in [1.82, 2.24) is 4.90 Å². The average molecular weight is 335 g/mol. The van der Waals surface area contributed by atoms with Gasteiger partial charge in [0, 0.05) is 24.6 Å². The number of rotatable bonds is 6. The van der Waals surface area contributed by atoms with Crippen LogP contribution < -0.4 is 5.11 Å². The fourth-order valence-corrected chi connectivity index (χ4v) is 2.78. The first-order valence-corrected chi connectivity index (χ1v) is 7.40. The molecule has 1 heterocycles. The van der Waals surface area contributed by atoms with Gasteiger partial charge in [0.15, 0.2) is 0 Å². The number of nitro benzene ring substituents is 1. The van der Waals surface area contributed by atoms with Crippen LogP contribution in [0.4, 0.5) is 10.5 Å². The van der Waals surface area contributed by atoms with Crippen LogP contribution in [0.25, 0.3) is 6.08 Å². The van der Waals surface area contributed by atoms with E-state index in [1.54, 1.807) is 0 Å². The SMILES string of the molecule is O=C([O-])CCCN1C(=O)S/C(=C\c2ccc([N+](=O)[O-])cc2)C1=O. The van der Waals surface area contributed by atoms with Gasteiger partial charge in [0.25, 0.3) is 16.8 Å². The molecule has 1 aromatic carbocycles. The number of carboxylic acids is 1. The standard InChI is InChI=1S/C14H12N2O6S/c17-12(18)2-1-7-15-13(19)11(23-14(15)20)8-9-3-5-10(6-4-9)16(21)22/h3-6,8H,1-2,7H2,(H,17,18)/p-1/b11-8-. The van der Waals surface area contributed by atoms with Gasteiger partial charge in [0.2, 0.25) is 0 Å². The Hall–Kier alpha value is -2.68. The summed E-state index contributed by atoms with van der Waals surface area (Å²) in [6.45, 7) is 0.0102. The minimum Gasteiger partial charge on any atom is -0.550 e. The first-order chi connectivity index (χ1) is 10.9. The number of aliphatic carboxylic acids is 1. The van der Waals surface area contributed by atoms with Gasteiger partial charge in [-0.25, -0.2) is 0 Å². The fraction of sp³-hybridized carbons (Fsp3) is 0.214. The van der Waals surface area contributed by atoms with E-state index in [9.17, 15) is 29.6 Å². The van der Waals surface area contributed by atoms with Crippen molar-refractivity contribution in [2.24, 2.45) is 0 Å². The Morgan fingerprint density at radius 1 is 1.26 bits per heavy atom. The number of hydrogen-bond acceptors (Lipinski definition) is 7. The summed E-state index contributed by atoms with van der Waals surface area (Å²) in [4.78, 5) is 45.5. The molecule has 0 aromatic heterocycles. The maximum Gasteiger partial charge on any atom is 0.293 e. The third kappa shape index (κ3) is 4.16. The largest absolute Gasteiger partial charge is 0.550 e. The number of nitrogens with zero attached hydrogens (tertiary/aromatic N) is 2. The minimum absolute atomic E-state index is 0.0102. The summed E-state index contributed by atoms with van der Waals surface area (Å²) in [5, 5.41) is 20.5. The summed E-state index contributed by atoms with van der Waals surface area (Å²) < 4.78 is 0. The highest BCUT2D eigenvalue weighted by molar-refractivity contribution is 8.18. The van der Waals surface area contributed by atoms with E-state index in [1.165, 1.54) is 30.3 Å². The highest BCUT2D eigenvalue weighted by atomic mass is 32.2.